The average Bonchev–Trinajstić information content (AvgIpc) is 3.32. The molecule has 0 atom stereocenters. The van der Waals surface area contributed by atoms with E-state index < -0.39 is 0 Å². The van der Waals surface area contributed by atoms with E-state index in [0.717, 1.165) is 45.3 Å². The Hall–Kier alpha value is -3.48. The summed E-state index contributed by atoms with van der Waals surface area (Å²) in [6, 6.07) is 21.3. The van der Waals surface area contributed by atoms with Gasteiger partial charge in [-0.1, -0.05) is 23.7 Å². The first-order chi connectivity index (χ1) is 16.6. The van der Waals surface area contributed by atoms with Crippen molar-refractivity contribution in [1.82, 2.24) is 9.78 Å². The highest BCUT2D eigenvalue weighted by atomic mass is 35.5. The molecule has 6 nitrogen and oxygen atoms in total. The van der Waals surface area contributed by atoms with E-state index in [1.807, 2.05) is 71.4 Å². The lowest BCUT2D eigenvalue weighted by atomic mass is 10.0. The van der Waals surface area contributed by atoms with E-state index in [-0.39, 0.29) is 6.61 Å². The largest absolute Gasteiger partial charge is 0.497 e. The number of aromatic nitrogens is 2. The maximum atomic E-state index is 9.37. The van der Waals surface area contributed by atoms with Gasteiger partial charge in [0, 0.05) is 28.3 Å². The highest BCUT2D eigenvalue weighted by Gasteiger charge is 2.20. The lowest BCUT2D eigenvalue weighted by Crippen LogP contribution is -2.02. The Morgan fingerprint density at radius 3 is 2.24 bits per heavy atom. The third-order valence-electron chi connectivity index (χ3n) is 5.67. The third kappa shape index (κ3) is 4.74. The van der Waals surface area contributed by atoms with E-state index in [1.54, 1.807) is 21.3 Å². The lowest BCUT2D eigenvalue weighted by Gasteiger charge is -2.16. The van der Waals surface area contributed by atoms with Crippen molar-refractivity contribution in [3.8, 4) is 45.5 Å². The predicted octanol–water partition coefficient (Wildman–Crippen LogP) is 5.81. The van der Waals surface area contributed by atoms with Crippen molar-refractivity contribution in [2.75, 3.05) is 27.9 Å². The Kier molecular flexibility index (Phi) is 7.40. The molecule has 1 N–H and O–H groups in total. The Morgan fingerprint density at radius 2 is 1.62 bits per heavy atom. The zero-order chi connectivity index (χ0) is 24.1. The third-order valence-corrected chi connectivity index (χ3v) is 5.92. The number of hydrogen-bond acceptors (Lipinski definition) is 5. The van der Waals surface area contributed by atoms with Crippen molar-refractivity contribution in [2.45, 2.75) is 12.8 Å². The van der Waals surface area contributed by atoms with Crippen molar-refractivity contribution in [2.24, 2.45) is 0 Å². The Labute approximate surface area is 204 Å². The number of benzene rings is 3. The van der Waals surface area contributed by atoms with Gasteiger partial charge in [0.15, 0.2) is 0 Å². The fourth-order valence-electron chi connectivity index (χ4n) is 3.99. The van der Waals surface area contributed by atoms with E-state index in [2.05, 4.69) is 0 Å². The van der Waals surface area contributed by atoms with Crippen LogP contribution < -0.4 is 14.2 Å². The molecule has 34 heavy (non-hydrogen) atoms. The van der Waals surface area contributed by atoms with Gasteiger partial charge in [0.1, 0.15) is 17.2 Å². The molecule has 0 radical (unpaired) electrons. The first-order valence-electron chi connectivity index (χ1n) is 10.9. The molecule has 0 unspecified atom stereocenters. The molecule has 4 rings (SSSR count). The van der Waals surface area contributed by atoms with Crippen LogP contribution in [0.25, 0.3) is 28.2 Å². The van der Waals surface area contributed by atoms with E-state index in [4.69, 9.17) is 30.9 Å². The number of aliphatic hydroxyl groups excluding tert-OH is 1. The fraction of sp³-hybridized carbons (Fsp3) is 0.222. The molecule has 1 heterocycles. The minimum atomic E-state index is 0.0867. The van der Waals surface area contributed by atoms with Gasteiger partial charge in [0.25, 0.3) is 0 Å². The average molecular weight is 479 g/mol. The molecule has 176 valence electrons. The van der Waals surface area contributed by atoms with Crippen LogP contribution in [0.2, 0.25) is 5.02 Å². The molecular formula is C27H27ClN2O4. The minimum absolute atomic E-state index is 0.0867. The molecule has 4 aromatic rings. The standard InChI is InChI=1S/C27H27ClN2O4/c1-32-21-12-10-20(11-13-21)30-25(18-6-8-19(28)9-7-18)17-24(29-30)22-14-15-26(33-2)23(5-4-16-31)27(22)34-3/h6-15,17,31H,4-5,16H2,1-3H3. The zero-order valence-corrected chi connectivity index (χ0v) is 20.2. The van der Waals surface area contributed by atoms with Crippen LogP contribution in [0.1, 0.15) is 12.0 Å². The van der Waals surface area contributed by atoms with Crippen LogP contribution in [-0.4, -0.2) is 42.8 Å². The van der Waals surface area contributed by atoms with Gasteiger partial charge in [-0.3, -0.25) is 0 Å². The molecule has 0 aliphatic heterocycles. The molecule has 0 aliphatic carbocycles. The van der Waals surface area contributed by atoms with Gasteiger partial charge in [0.2, 0.25) is 0 Å². The molecule has 0 saturated heterocycles. The number of methoxy groups -OCH3 is 3. The molecule has 0 saturated carbocycles. The number of halogens is 1. The molecule has 0 bridgehead atoms. The highest BCUT2D eigenvalue weighted by Crippen LogP contribution is 2.40. The maximum Gasteiger partial charge on any atom is 0.135 e. The van der Waals surface area contributed by atoms with Gasteiger partial charge in [-0.15, -0.1) is 0 Å². The number of hydrogen-bond donors (Lipinski definition) is 1. The van der Waals surface area contributed by atoms with Crippen LogP contribution >= 0.6 is 11.6 Å². The maximum absolute atomic E-state index is 9.37. The van der Waals surface area contributed by atoms with Crippen molar-refractivity contribution in [3.05, 3.63) is 77.3 Å². The van der Waals surface area contributed by atoms with Crippen molar-refractivity contribution in [1.29, 1.82) is 0 Å². The second kappa shape index (κ2) is 10.6. The summed E-state index contributed by atoms with van der Waals surface area (Å²) < 4.78 is 18.6. The van der Waals surface area contributed by atoms with Gasteiger partial charge in [-0.2, -0.15) is 5.10 Å². The van der Waals surface area contributed by atoms with Gasteiger partial charge in [-0.25, -0.2) is 4.68 Å². The van der Waals surface area contributed by atoms with Gasteiger partial charge < -0.3 is 19.3 Å². The Bertz CT molecular complexity index is 1250. The SMILES string of the molecule is COc1ccc(-n2nc(-c3ccc(OC)c(CCCO)c3OC)cc2-c2ccc(Cl)cc2)cc1. The zero-order valence-electron chi connectivity index (χ0n) is 19.4. The lowest BCUT2D eigenvalue weighted by molar-refractivity contribution is 0.286. The van der Waals surface area contributed by atoms with Crippen LogP contribution in [0.4, 0.5) is 0 Å². The summed E-state index contributed by atoms with van der Waals surface area (Å²) >= 11 is 6.14. The van der Waals surface area contributed by atoms with E-state index in [1.165, 1.54) is 0 Å². The summed E-state index contributed by atoms with van der Waals surface area (Å²) in [5.41, 5.74) is 5.29. The van der Waals surface area contributed by atoms with Gasteiger partial charge in [-0.05, 0) is 67.4 Å². The normalized spacial score (nSPS) is 10.9. The molecule has 0 amide bonds. The summed E-state index contributed by atoms with van der Waals surface area (Å²) in [4.78, 5) is 0. The van der Waals surface area contributed by atoms with E-state index >= 15 is 0 Å². The number of rotatable bonds is 9. The fourth-order valence-corrected chi connectivity index (χ4v) is 4.11. The predicted molar refractivity (Wildman–Crippen MR) is 135 cm³/mol. The summed E-state index contributed by atoms with van der Waals surface area (Å²) in [5.74, 6) is 2.19. The topological polar surface area (TPSA) is 65.7 Å². The van der Waals surface area contributed by atoms with Crippen LogP contribution in [0, 0.1) is 0 Å². The summed E-state index contributed by atoms with van der Waals surface area (Å²) in [6.07, 6.45) is 1.23. The Morgan fingerprint density at radius 1 is 0.882 bits per heavy atom. The summed E-state index contributed by atoms with van der Waals surface area (Å²) in [6.45, 7) is 0.0867. The molecule has 7 heteroatoms. The van der Waals surface area contributed by atoms with Crippen molar-refractivity contribution in [3.63, 3.8) is 0 Å². The van der Waals surface area contributed by atoms with Crippen LogP contribution in [0.5, 0.6) is 17.2 Å². The smallest absolute Gasteiger partial charge is 0.135 e. The second-order valence-electron chi connectivity index (χ2n) is 7.69. The second-order valence-corrected chi connectivity index (χ2v) is 8.12. The monoisotopic (exact) mass is 478 g/mol. The molecule has 0 fully saturated rings. The minimum Gasteiger partial charge on any atom is -0.497 e. The quantitative estimate of drug-likeness (QED) is 0.329. The van der Waals surface area contributed by atoms with Gasteiger partial charge >= 0.3 is 0 Å². The molecule has 0 spiro atoms. The Balaban J connectivity index is 1.90. The molecular weight excluding hydrogens is 452 g/mol. The number of aliphatic hydroxyl groups is 1. The molecule has 3 aromatic carbocycles. The van der Waals surface area contributed by atoms with E-state index in [0.29, 0.717) is 23.6 Å². The highest BCUT2D eigenvalue weighted by molar-refractivity contribution is 6.30. The first-order valence-corrected chi connectivity index (χ1v) is 11.3. The van der Waals surface area contributed by atoms with Crippen molar-refractivity contribution >= 4 is 11.6 Å². The van der Waals surface area contributed by atoms with Gasteiger partial charge in [0.05, 0.1) is 38.4 Å². The summed E-state index contributed by atoms with van der Waals surface area (Å²) in [5, 5.41) is 15.0. The molecule has 1 aromatic heterocycles. The molecule has 0 aliphatic rings. The van der Waals surface area contributed by atoms with E-state index in [9.17, 15) is 5.11 Å². The van der Waals surface area contributed by atoms with Crippen LogP contribution in [0.15, 0.2) is 66.7 Å². The van der Waals surface area contributed by atoms with Crippen molar-refractivity contribution < 1.29 is 19.3 Å². The first kappa shape index (κ1) is 23.7. The number of nitrogens with zero attached hydrogens (tertiary/aromatic N) is 2. The van der Waals surface area contributed by atoms with Crippen LogP contribution in [-0.2, 0) is 6.42 Å². The van der Waals surface area contributed by atoms with Crippen LogP contribution in [0.3, 0.4) is 0 Å². The number of ether oxygens (including phenoxy) is 3. The summed E-state index contributed by atoms with van der Waals surface area (Å²) in [7, 11) is 4.92.